The molecule has 31 heavy (non-hydrogen) atoms. The molecule has 3 aromatic rings. The molecule has 1 heterocycles. The van der Waals surface area contributed by atoms with Crippen molar-refractivity contribution in [3.8, 4) is 5.75 Å². The second-order valence-electron chi connectivity index (χ2n) is 6.01. The summed E-state index contributed by atoms with van der Waals surface area (Å²) in [5.74, 6) is -0.556. The van der Waals surface area contributed by atoms with Crippen LogP contribution in [0.25, 0.3) is 10.8 Å². The van der Waals surface area contributed by atoms with Gasteiger partial charge in [-0.15, -0.1) is 15.3 Å². The predicted molar refractivity (Wildman–Crippen MR) is 106 cm³/mol. The summed E-state index contributed by atoms with van der Waals surface area (Å²) < 4.78 is 33.4. The number of benzene rings is 3. The van der Waals surface area contributed by atoms with Crippen LogP contribution in [0, 0.1) is 10.1 Å². The van der Waals surface area contributed by atoms with Gasteiger partial charge in [0.25, 0.3) is 15.8 Å². The Kier molecular flexibility index (Phi) is 6.27. The molecule has 0 bridgehead atoms. The maximum absolute atomic E-state index is 11.9. The average molecular weight is 472 g/mol. The van der Waals surface area contributed by atoms with E-state index in [0.717, 1.165) is 18.2 Å². The number of nitrogens with zero attached hydrogens (tertiary/aromatic N) is 5. The van der Waals surface area contributed by atoms with Crippen molar-refractivity contribution in [3.05, 3.63) is 51.5 Å². The van der Waals surface area contributed by atoms with E-state index < -0.39 is 31.4 Å². The summed E-state index contributed by atoms with van der Waals surface area (Å²) in [5, 5.41) is 36.5. The van der Waals surface area contributed by atoms with Crippen LogP contribution in [0.5, 0.6) is 5.75 Å². The van der Waals surface area contributed by atoms with Crippen molar-refractivity contribution < 1.29 is 52.6 Å². The molecule has 1 aliphatic heterocycles. The molecule has 0 atom stereocenters. The van der Waals surface area contributed by atoms with Crippen LogP contribution in [0.3, 0.4) is 0 Å². The van der Waals surface area contributed by atoms with Crippen LogP contribution in [0.1, 0.15) is 0 Å². The first-order chi connectivity index (χ1) is 14.2. The van der Waals surface area contributed by atoms with Crippen molar-refractivity contribution >= 4 is 60.9 Å². The van der Waals surface area contributed by atoms with Gasteiger partial charge in [-0.2, -0.15) is 8.42 Å². The van der Waals surface area contributed by atoms with Crippen LogP contribution in [0.15, 0.2) is 61.9 Å². The maximum Gasteiger partial charge on any atom is 1.00 e. The first-order valence-electron chi connectivity index (χ1n) is 7.99. The van der Waals surface area contributed by atoms with E-state index in [1.165, 1.54) is 6.07 Å². The van der Waals surface area contributed by atoms with Gasteiger partial charge in [0.15, 0.2) is 5.75 Å². The van der Waals surface area contributed by atoms with E-state index >= 15 is 0 Å². The minimum Gasteiger partial charge on any atom is -0.504 e. The fourth-order valence-corrected chi connectivity index (χ4v) is 3.80. The van der Waals surface area contributed by atoms with Gasteiger partial charge >= 0.3 is 29.6 Å². The molecule has 12 nitrogen and oxygen atoms in total. The summed E-state index contributed by atoms with van der Waals surface area (Å²) in [6.45, 7) is 0. The Morgan fingerprint density at radius 3 is 2.55 bits per heavy atom. The summed E-state index contributed by atoms with van der Waals surface area (Å²) in [7, 11) is -4.65. The molecule has 152 valence electrons. The van der Waals surface area contributed by atoms with Gasteiger partial charge in [0.2, 0.25) is 0 Å². The Morgan fingerprint density at radius 2 is 1.87 bits per heavy atom. The van der Waals surface area contributed by atoms with Crippen LogP contribution in [-0.4, -0.2) is 23.0 Å². The molecule has 0 fully saturated rings. The van der Waals surface area contributed by atoms with Crippen molar-refractivity contribution in [2.75, 3.05) is 5.43 Å². The van der Waals surface area contributed by atoms with Gasteiger partial charge in [-0.3, -0.25) is 20.1 Å². The Labute approximate surface area is 200 Å². The van der Waals surface area contributed by atoms with Crippen LogP contribution >= 0.6 is 11.6 Å². The number of phenols is 1. The molecule has 0 aliphatic carbocycles. The van der Waals surface area contributed by atoms with Gasteiger partial charge in [0.1, 0.15) is 22.0 Å². The average Bonchev–Trinajstić information content (AvgIpc) is 2.69. The zero-order valence-electron chi connectivity index (χ0n) is 15.5. The zero-order valence-corrected chi connectivity index (χ0v) is 19.1. The third kappa shape index (κ3) is 4.23. The quantitative estimate of drug-likeness (QED) is 0.171. The maximum atomic E-state index is 11.9. The largest absolute Gasteiger partial charge is 1.00 e. The summed E-state index contributed by atoms with van der Waals surface area (Å²) in [6, 6.07) is 7.56. The van der Waals surface area contributed by atoms with Crippen molar-refractivity contribution in [3.63, 3.8) is 0 Å². The van der Waals surface area contributed by atoms with Gasteiger partial charge in [-0.1, -0.05) is 29.0 Å². The van der Waals surface area contributed by atoms with Crippen LogP contribution in [0.2, 0.25) is 5.02 Å². The third-order valence-electron chi connectivity index (χ3n) is 4.18. The van der Waals surface area contributed by atoms with E-state index in [0.29, 0.717) is 11.1 Å². The molecule has 0 saturated carbocycles. The standard InChI is InChI=1S/C16H9ClN6O6S.Na/c17-9-4-7(23(25)26)5-12(16(9)24)19-18-11-6-13(30(27,28)29)8-2-1-3-10-14(8)15(11)21-22-20-10;/h1-6,24H,(H,20,21)(H,27,28,29);/q;+1. The third-order valence-corrected chi connectivity index (χ3v) is 5.36. The summed E-state index contributed by atoms with van der Waals surface area (Å²) in [5.41, 5.74) is 2.31. The van der Waals surface area contributed by atoms with Gasteiger partial charge in [-0.05, 0) is 12.1 Å². The molecule has 3 N–H and O–H groups in total. The fourth-order valence-electron chi connectivity index (χ4n) is 2.88. The minimum absolute atomic E-state index is 0. The summed E-state index contributed by atoms with van der Waals surface area (Å²) in [6.07, 6.45) is 0. The van der Waals surface area contributed by atoms with E-state index in [1.807, 2.05) is 0 Å². The zero-order chi connectivity index (χ0) is 21.6. The van der Waals surface area contributed by atoms with E-state index in [1.54, 1.807) is 12.1 Å². The van der Waals surface area contributed by atoms with Crippen molar-refractivity contribution in [2.24, 2.45) is 20.6 Å². The number of azo groups is 1. The normalized spacial score (nSPS) is 12.6. The molecular weight excluding hydrogens is 463 g/mol. The number of hydrogen-bond acceptors (Lipinski definition) is 10. The van der Waals surface area contributed by atoms with Crippen molar-refractivity contribution in [2.45, 2.75) is 4.90 Å². The van der Waals surface area contributed by atoms with E-state index in [4.69, 9.17) is 11.6 Å². The van der Waals surface area contributed by atoms with E-state index in [9.17, 15) is 28.2 Å². The number of halogens is 1. The molecule has 1 aliphatic rings. The van der Waals surface area contributed by atoms with E-state index in [2.05, 4.69) is 26.0 Å². The smallest absolute Gasteiger partial charge is 0.504 e. The Balaban J connectivity index is 0.00000272. The Bertz CT molecular complexity index is 1410. The van der Waals surface area contributed by atoms with E-state index in [-0.39, 0.29) is 57.0 Å². The molecule has 3 aromatic carbocycles. The minimum atomic E-state index is -4.65. The molecule has 4 rings (SSSR count). The number of hydrogen-bond donors (Lipinski definition) is 3. The molecule has 0 aromatic heterocycles. The monoisotopic (exact) mass is 471 g/mol. The summed E-state index contributed by atoms with van der Waals surface area (Å²) >= 11 is 5.79. The van der Waals surface area contributed by atoms with Gasteiger partial charge in [0, 0.05) is 22.9 Å². The van der Waals surface area contributed by atoms with Crippen molar-refractivity contribution in [1.82, 2.24) is 0 Å². The first kappa shape index (κ1) is 23.0. The van der Waals surface area contributed by atoms with Gasteiger partial charge in [0.05, 0.1) is 15.6 Å². The predicted octanol–water partition coefficient (Wildman–Crippen LogP) is 2.20. The Morgan fingerprint density at radius 1 is 1.16 bits per heavy atom. The number of non-ortho nitro benzene ring substituents is 1. The van der Waals surface area contributed by atoms with Crippen LogP contribution < -0.4 is 35.0 Å². The Hall–Kier alpha value is -2.68. The van der Waals surface area contributed by atoms with Crippen molar-refractivity contribution in [1.29, 1.82) is 0 Å². The molecule has 15 heteroatoms. The number of nitro benzene ring substituents is 1. The van der Waals surface area contributed by atoms with Crippen LogP contribution in [-0.2, 0) is 10.1 Å². The molecule has 0 saturated heterocycles. The number of anilines is 1. The number of nitro groups is 1. The second kappa shape index (κ2) is 8.45. The molecule has 0 radical (unpaired) electrons. The van der Waals surface area contributed by atoms with Gasteiger partial charge < -0.3 is 5.11 Å². The molecule has 0 unspecified atom stereocenters. The number of aromatic hydroxyl groups is 1. The molecule has 0 amide bonds. The molecule has 0 spiro atoms. The van der Waals surface area contributed by atoms with Gasteiger partial charge in [-0.25, -0.2) is 0 Å². The second-order valence-corrected chi connectivity index (χ2v) is 7.81. The number of rotatable bonds is 4. The SMILES string of the molecule is O=[N+]([O-])c1cc(Cl)c(O)c(N=Nc2cc(S(=O)(=O)O)c3cccc4c3c2N=NN4)c1.[Na+]. The summed E-state index contributed by atoms with van der Waals surface area (Å²) in [4.78, 5) is 9.83. The van der Waals surface area contributed by atoms with Crippen LogP contribution in [0.4, 0.5) is 28.4 Å². The number of phenolic OH excluding ortho intramolecular Hbond substituents is 1. The fraction of sp³-hybridized carbons (Fsp3) is 0. The topological polar surface area (TPSA) is 179 Å². The molecular formula is C16H9ClN6NaO6S+. The number of nitrogens with one attached hydrogen (secondary N) is 1. The first-order valence-corrected chi connectivity index (χ1v) is 9.81.